The predicted molar refractivity (Wildman–Crippen MR) is 113 cm³/mol. The van der Waals surface area contributed by atoms with Gasteiger partial charge in [0.05, 0.1) is 0 Å². The summed E-state index contributed by atoms with van der Waals surface area (Å²) in [4.78, 5) is 2.29. The minimum atomic E-state index is 0.166. The third-order valence-corrected chi connectivity index (χ3v) is 4.81. The number of benzene rings is 3. The Morgan fingerprint density at radius 2 is 1.08 bits per heavy atom. The Kier molecular flexibility index (Phi) is 4.95. The highest BCUT2D eigenvalue weighted by atomic mass is 127. The van der Waals surface area contributed by atoms with Gasteiger partial charge in [-0.3, -0.25) is 0 Å². The zero-order valence-electron chi connectivity index (χ0n) is 14.3. The molecule has 0 spiro atoms. The topological polar surface area (TPSA) is 3.24 Å². The molecule has 0 aromatic heterocycles. The highest BCUT2D eigenvalue weighted by Gasteiger charge is 2.16. The van der Waals surface area contributed by atoms with E-state index >= 15 is 0 Å². The molecule has 1 nitrogen and oxygen atoms in total. The van der Waals surface area contributed by atoms with Crippen LogP contribution in [0.2, 0.25) is 0 Å². The van der Waals surface area contributed by atoms with Gasteiger partial charge in [0.1, 0.15) is 0 Å². The smallest absolute Gasteiger partial charge is 0.0462 e. The van der Waals surface area contributed by atoms with E-state index in [1.54, 1.807) is 0 Å². The van der Waals surface area contributed by atoms with E-state index < -0.39 is 0 Å². The van der Waals surface area contributed by atoms with E-state index in [1.165, 1.54) is 26.2 Å². The van der Waals surface area contributed by atoms with Crippen LogP contribution >= 0.6 is 22.6 Å². The third-order valence-electron chi connectivity index (χ3n) is 4.09. The second-order valence-corrected chi connectivity index (χ2v) is 8.19. The van der Waals surface area contributed by atoms with Crippen molar-refractivity contribution in [2.45, 2.75) is 26.2 Å². The summed E-state index contributed by atoms with van der Waals surface area (Å²) in [5.41, 5.74) is 5.03. The van der Waals surface area contributed by atoms with Gasteiger partial charge in [-0.2, -0.15) is 0 Å². The lowest BCUT2D eigenvalue weighted by Gasteiger charge is -2.27. The van der Waals surface area contributed by atoms with E-state index in [-0.39, 0.29) is 5.41 Å². The lowest BCUT2D eigenvalue weighted by molar-refractivity contribution is 0.590. The van der Waals surface area contributed by atoms with Gasteiger partial charge in [0.15, 0.2) is 0 Å². The monoisotopic (exact) mass is 427 g/mol. The average molecular weight is 427 g/mol. The first kappa shape index (κ1) is 17.0. The van der Waals surface area contributed by atoms with Crippen LogP contribution in [-0.4, -0.2) is 0 Å². The molecule has 0 atom stereocenters. The number of nitrogens with zero attached hydrogens (tertiary/aromatic N) is 1. The first-order chi connectivity index (χ1) is 11.4. The number of para-hydroxylation sites is 1. The van der Waals surface area contributed by atoms with Crippen molar-refractivity contribution in [3.05, 3.63) is 88.0 Å². The largest absolute Gasteiger partial charge is 0.311 e. The summed E-state index contributed by atoms with van der Waals surface area (Å²) in [6.45, 7) is 6.74. The Balaban J connectivity index is 2.06. The Bertz CT molecular complexity index is 784. The van der Waals surface area contributed by atoms with Gasteiger partial charge in [-0.25, -0.2) is 0 Å². The first-order valence-electron chi connectivity index (χ1n) is 8.16. The van der Waals surface area contributed by atoms with Crippen LogP contribution in [0.3, 0.4) is 0 Å². The Morgan fingerprint density at radius 1 is 0.625 bits per heavy atom. The van der Waals surface area contributed by atoms with Crippen LogP contribution in [0.4, 0.5) is 17.1 Å². The van der Waals surface area contributed by atoms with Crippen LogP contribution in [0.15, 0.2) is 78.9 Å². The van der Waals surface area contributed by atoms with Crippen molar-refractivity contribution in [2.24, 2.45) is 0 Å². The fraction of sp³-hybridized carbons (Fsp3) is 0.182. The third kappa shape index (κ3) is 3.81. The molecule has 0 amide bonds. The van der Waals surface area contributed by atoms with E-state index in [9.17, 15) is 0 Å². The molecule has 0 saturated heterocycles. The molecule has 0 aliphatic rings. The molecule has 0 unspecified atom stereocenters. The molecule has 122 valence electrons. The average Bonchev–Trinajstić information content (AvgIpc) is 2.58. The first-order valence-corrected chi connectivity index (χ1v) is 9.24. The van der Waals surface area contributed by atoms with E-state index in [0.29, 0.717) is 0 Å². The van der Waals surface area contributed by atoms with Crippen molar-refractivity contribution >= 4 is 39.7 Å². The number of hydrogen-bond acceptors (Lipinski definition) is 1. The van der Waals surface area contributed by atoms with Gasteiger partial charge in [0.2, 0.25) is 0 Å². The van der Waals surface area contributed by atoms with Crippen LogP contribution in [0.1, 0.15) is 26.3 Å². The van der Waals surface area contributed by atoms with Gasteiger partial charge >= 0.3 is 0 Å². The van der Waals surface area contributed by atoms with E-state index in [2.05, 4.69) is 127 Å². The summed E-state index contributed by atoms with van der Waals surface area (Å²) < 4.78 is 1.24. The Hall–Kier alpha value is -1.81. The van der Waals surface area contributed by atoms with Crippen molar-refractivity contribution in [3.63, 3.8) is 0 Å². The summed E-state index contributed by atoms with van der Waals surface area (Å²) in [5.74, 6) is 0. The van der Waals surface area contributed by atoms with Crippen molar-refractivity contribution in [1.29, 1.82) is 0 Å². The summed E-state index contributed by atoms with van der Waals surface area (Å²) in [6.07, 6.45) is 0. The molecule has 3 rings (SSSR count). The Morgan fingerprint density at radius 3 is 1.58 bits per heavy atom. The number of rotatable bonds is 3. The van der Waals surface area contributed by atoms with Gasteiger partial charge in [-0.05, 0) is 82.1 Å². The zero-order chi connectivity index (χ0) is 17.2. The minimum Gasteiger partial charge on any atom is -0.311 e. The van der Waals surface area contributed by atoms with Crippen molar-refractivity contribution < 1.29 is 0 Å². The second-order valence-electron chi connectivity index (χ2n) is 6.94. The van der Waals surface area contributed by atoms with Gasteiger partial charge in [0, 0.05) is 20.6 Å². The quantitative estimate of drug-likeness (QED) is 0.405. The zero-order valence-corrected chi connectivity index (χ0v) is 16.5. The fourth-order valence-corrected chi connectivity index (χ4v) is 3.08. The fourth-order valence-electron chi connectivity index (χ4n) is 2.72. The van der Waals surface area contributed by atoms with Crippen molar-refractivity contribution in [2.75, 3.05) is 4.90 Å². The lowest BCUT2D eigenvalue weighted by atomic mass is 9.87. The molecule has 24 heavy (non-hydrogen) atoms. The maximum absolute atomic E-state index is 2.34. The van der Waals surface area contributed by atoms with Crippen LogP contribution in [0, 0.1) is 3.57 Å². The maximum atomic E-state index is 2.34. The molecular formula is C22H22IN. The summed E-state index contributed by atoms with van der Waals surface area (Å²) >= 11 is 2.34. The van der Waals surface area contributed by atoms with E-state index in [0.717, 1.165) is 0 Å². The standard InChI is InChI=1S/C22H22IN/c1-22(2,3)17-9-13-20(14-10-17)24(19-7-5-4-6-8-19)21-15-11-18(23)12-16-21/h4-16H,1-3H3. The van der Waals surface area contributed by atoms with Gasteiger partial charge in [-0.15, -0.1) is 0 Å². The SMILES string of the molecule is CC(C)(C)c1ccc(N(c2ccccc2)c2ccc(I)cc2)cc1. The Labute approximate surface area is 158 Å². The van der Waals surface area contributed by atoms with Crippen molar-refractivity contribution in [1.82, 2.24) is 0 Å². The molecule has 3 aromatic rings. The molecule has 0 saturated carbocycles. The molecule has 0 aliphatic heterocycles. The minimum absolute atomic E-state index is 0.166. The molecule has 2 heteroatoms. The number of hydrogen-bond donors (Lipinski definition) is 0. The highest BCUT2D eigenvalue weighted by Crippen LogP contribution is 2.35. The van der Waals surface area contributed by atoms with Gasteiger partial charge in [-0.1, -0.05) is 51.1 Å². The molecule has 0 aliphatic carbocycles. The molecule has 0 bridgehead atoms. The maximum Gasteiger partial charge on any atom is 0.0462 e. The summed E-state index contributed by atoms with van der Waals surface area (Å²) in [7, 11) is 0. The molecule has 0 radical (unpaired) electrons. The summed E-state index contributed by atoms with van der Waals surface area (Å²) in [5, 5.41) is 0. The molecule has 3 aromatic carbocycles. The predicted octanol–water partition coefficient (Wildman–Crippen LogP) is 7.06. The number of halogens is 1. The molecule has 0 heterocycles. The summed E-state index contributed by atoms with van der Waals surface area (Å²) in [6, 6.07) is 28.1. The number of anilines is 3. The van der Waals surface area contributed by atoms with E-state index in [1.807, 2.05) is 0 Å². The lowest BCUT2D eigenvalue weighted by Crippen LogP contribution is -2.13. The van der Waals surface area contributed by atoms with Crippen molar-refractivity contribution in [3.8, 4) is 0 Å². The van der Waals surface area contributed by atoms with Crippen LogP contribution in [0.25, 0.3) is 0 Å². The normalized spacial score (nSPS) is 11.3. The second kappa shape index (κ2) is 6.98. The van der Waals surface area contributed by atoms with E-state index in [4.69, 9.17) is 0 Å². The molecule has 0 fully saturated rings. The molecular weight excluding hydrogens is 405 g/mol. The van der Waals surface area contributed by atoms with Crippen LogP contribution in [0.5, 0.6) is 0 Å². The van der Waals surface area contributed by atoms with Gasteiger partial charge < -0.3 is 4.90 Å². The highest BCUT2D eigenvalue weighted by molar-refractivity contribution is 14.1. The van der Waals surface area contributed by atoms with Crippen LogP contribution in [-0.2, 0) is 5.41 Å². The molecule has 0 N–H and O–H groups in total. The van der Waals surface area contributed by atoms with Crippen LogP contribution < -0.4 is 4.90 Å². The van der Waals surface area contributed by atoms with Gasteiger partial charge in [0.25, 0.3) is 0 Å².